The number of ether oxygens (including phenoxy) is 1. The number of hydrogen-bond donors (Lipinski definition) is 2. The van der Waals surface area contributed by atoms with Crippen LogP contribution in [0.3, 0.4) is 0 Å². The average Bonchev–Trinajstić information content (AvgIpc) is 2.67. The first-order chi connectivity index (χ1) is 12.5. The zero-order valence-electron chi connectivity index (χ0n) is 16.2. The van der Waals surface area contributed by atoms with E-state index < -0.39 is 0 Å². The Morgan fingerprint density at radius 1 is 1.12 bits per heavy atom. The van der Waals surface area contributed by atoms with Gasteiger partial charge in [0.2, 0.25) is 0 Å². The molecule has 0 spiro atoms. The minimum absolute atomic E-state index is 0.0158. The van der Waals surface area contributed by atoms with Gasteiger partial charge in [0.05, 0.1) is 7.11 Å². The van der Waals surface area contributed by atoms with Gasteiger partial charge in [-0.3, -0.25) is 5.41 Å². The molecule has 0 aliphatic rings. The second kappa shape index (κ2) is 11.7. The van der Waals surface area contributed by atoms with Crippen LogP contribution in [0.25, 0.3) is 6.08 Å². The quantitative estimate of drug-likeness (QED) is 0.352. The Morgan fingerprint density at radius 3 is 2.35 bits per heavy atom. The molecule has 4 heteroatoms. The molecule has 138 valence electrons. The normalized spacial score (nSPS) is 10.2. The number of methoxy groups -OCH3 is 1. The minimum atomic E-state index is -0.0158. The van der Waals surface area contributed by atoms with Crippen molar-refractivity contribution in [1.82, 2.24) is 0 Å². The third kappa shape index (κ3) is 7.01. The molecule has 4 nitrogen and oxygen atoms in total. The number of nitrogens with one attached hydrogen (secondary N) is 2. The Balaban J connectivity index is 0.00000105. The summed E-state index contributed by atoms with van der Waals surface area (Å²) in [5, 5.41) is 10.8. The van der Waals surface area contributed by atoms with Gasteiger partial charge in [0.25, 0.3) is 0 Å². The molecule has 0 aromatic heterocycles. The van der Waals surface area contributed by atoms with E-state index in [4.69, 9.17) is 15.7 Å². The third-order valence-electron chi connectivity index (χ3n) is 3.72. The summed E-state index contributed by atoms with van der Waals surface area (Å²) in [4.78, 5) is 0. The maximum absolute atomic E-state index is 7.62. The van der Waals surface area contributed by atoms with E-state index in [1.54, 1.807) is 7.11 Å². The lowest BCUT2D eigenvalue weighted by Crippen LogP contribution is -1.95. The van der Waals surface area contributed by atoms with Crippen molar-refractivity contribution in [3.63, 3.8) is 0 Å². The second-order valence-corrected chi connectivity index (χ2v) is 6.03. The molecule has 0 saturated carbocycles. The lowest BCUT2D eigenvalue weighted by Gasteiger charge is -2.04. The fourth-order valence-corrected chi connectivity index (χ4v) is 2.28. The molecule has 0 radical (unpaired) electrons. The van der Waals surface area contributed by atoms with E-state index in [9.17, 15) is 0 Å². The van der Waals surface area contributed by atoms with Crippen LogP contribution in [0.2, 0.25) is 0 Å². The molecule has 0 saturated heterocycles. The minimum Gasteiger partial charge on any atom is -0.497 e. The first kappa shape index (κ1) is 21.3. The summed E-state index contributed by atoms with van der Waals surface area (Å²) < 4.78 is 5.15. The monoisotopic (exact) mass is 351 g/mol. The van der Waals surface area contributed by atoms with E-state index in [0.717, 1.165) is 29.7 Å². The van der Waals surface area contributed by atoms with Crippen molar-refractivity contribution in [2.45, 2.75) is 40.0 Å². The summed E-state index contributed by atoms with van der Waals surface area (Å²) in [6, 6.07) is 13.8. The van der Waals surface area contributed by atoms with E-state index in [1.807, 2.05) is 37.3 Å². The van der Waals surface area contributed by atoms with Gasteiger partial charge in [0.1, 0.15) is 5.75 Å². The van der Waals surface area contributed by atoms with Gasteiger partial charge in [-0.1, -0.05) is 56.7 Å². The highest BCUT2D eigenvalue weighted by atomic mass is 16.5. The highest BCUT2D eigenvalue weighted by Gasteiger charge is 2.02. The van der Waals surface area contributed by atoms with Crippen molar-refractivity contribution in [2.75, 3.05) is 7.11 Å². The van der Waals surface area contributed by atoms with Gasteiger partial charge in [-0.15, -0.1) is 5.11 Å². The van der Waals surface area contributed by atoms with E-state index in [0.29, 0.717) is 5.56 Å². The van der Waals surface area contributed by atoms with Crippen LogP contribution in [0.5, 0.6) is 5.75 Å². The summed E-state index contributed by atoms with van der Waals surface area (Å²) in [6.45, 7) is 6.29. The molecule has 0 aliphatic carbocycles. The molecule has 0 bridgehead atoms. The molecule has 0 atom stereocenters. The molecule has 26 heavy (non-hydrogen) atoms. The molecule has 2 aromatic rings. The largest absolute Gasteiger partial charge is 0.497 e. The van der Waals surface area contributed by atoms with E-state index in [-0.39, 0.29) is 5.84 Å². The van der Waals surface area contributed by atoms with E-state index >= 15 is 0 Å². The van der Waals surface area contributed by atoms with Crippen LogP contribution in [-0.4, -0.2) is 12.9 Å². The van der Waals surface area contributed by atoms with Gasteiger partial charge in [-0.05, 0) is 54.7 Å². The van der Waals surface area contributed by atoms with E-state index in [2.05, 4.69) is 43.2 Å². The van der Waals surface area contributed by atoms with Gasteiger partial charge in [0.15, 0.2) is 5.84 Å². The van der Waals surface area contributed by atoms with Gasteiger partial charge in [0, 0.05) is 5.56 Å². The molecule has 2 aromatic carbocycles. The third-order valence-corrected chi connectivity index (χ3v) is 3.72. The average molecular weight is 351 g/mol. The molecule has 0 heterocycles. The molecule has 2 N–H and O–H groups in total. The summed E-state index contributed by atoms with van der Waals surface area (Å²) >= 11 is 0. The predicted molar refractivity (Wildman–Crippen MR) is 109 cm³/mol. The lowest BCUT2D eigenvalue weighted by atomic mass is 10.0. The van der Waals surface area contributed by atoms with E-state index in [1.165, 1.54) is 12.0 Å². The molecule has 0 unspecified atom stereocenters. The van der Waals surface area contributed by atoms with Crippen molar-refractivity contribution < 1.29 is 4.74 Å². The summed E-state index contributed by atoms with van der Waals surface area (Å²) in [5.41, 5.74) is 11.1. The van der Waals surface area contributed by atoms with Gasteiger partial charge in [-0.25, -0.2) is 5.53 Å². The first-order valence-corrected chi connectivity index (χ1v) is 8.92. The topological polar surface area (TPSA) is 69.3 Å². The highest BCUT2D eigenvalue weighted by molar-refractivity contribution is 5.97. The predicted octanol–water partition coefficient (Wildman–Crippen LogP) is 6.42. The van der Waals surface area contributed by atoms with Crippen molar-refractivity contribution >= 4 is 11.9 Å². The van der Waals surface area contributed by atoms with Gasteiger partial charge >= 0.3 is 0 Å². The number of aryl methyl sites for hydroxylation is 2. The van der Waals surface area contributed by atoms with Crippen LogP contribution in [-0.2, 0) is 6.42 Å². The SMILES string of the molecule is CCC.COc1ccc(CC/C=C\c2cc(C(=N)N=N)ccc2C)cc1. The maximum atomic E-state index is 7.62. The van der Waals surface area contributed by atoms with Crippen LogP contribution in [0.1, 0.15) is 48.9 Å². The van der Waals surface area contributed by atoms with Crippen molar-refractivity contribution in [2.24, 2.45) is 5.11 Å². The zero-order chi connectivity index (χ0) is 19.4. The fourth-order valence-electron chi connectivity index (χ4n) is 2.28. The Labute approximate surface area is 156 Å². The maximum Gasteiger partial charge on any atom is 0.173 e. The summed E-state index contributed by atoms with van der Waals surface area (Å²) in [5.74, 6) is 0.858. The first-order valence-electron chi connectivity index (χ1n) is 8.92. The van der Waals surface area contributed by atoms with Crippen molar-refractivity contribution in [3.05, 3.63) is 70.8 Å². The van der Waals surface area contributed by atoms with Crippen LogP contribution in [0, 0.1) is 17.9 Å². The van der Waals surface area contributed by atoms with Crippen LogP contribution >= 0.6 is 0 Å². The van der Waals surface area contributed by atoms with Crippen molar-refractivity contribution in [1.29, 1.82) is 10.9 Å². The number of nitrogens with zero attached hydrogens (tertiary/aromatic N) is 1. The standard InChI is InChI=1S/C19H21N3O.C3H8/c1-14-7-10-17(19(20)22-21)13-16(14)6-4-3-5-15-8-11-18(23-2)12-9-15;1-3-2/h4,6-13,20-21H,3,5H2,1-2H3;3H2,1-2H3/b6-4-,20-19?,22-21?;. The lowest BCUT2D eigenvalue weighted by molar-refractivity contribution is 0.414. The Hall–Kier alpha value is -2.75. The summed E-state index contributed by atoms with van der Waals surface area (Å²) in [7, 11) is 1.67. The smallest absolute Gasteiger partial charge is 0.173 e. The fraction of sp³-hybridized carbons (Fsp3) is 0.318. The highest BCUT2D eigenvalue weighted by Crippen LogP contribution is 2.16. The Bertz CT molecular complexity index is 734. The van der Waals surface area contributed by atoms with Crippen LogP contribution < -0.4 is 4.74 Å². The molecule has 2 rings (SSSR count). The number of hydrogen-bond acceptors (Lipinski definition) is 3. The van der Waals surface area contributed by atoms with Crippen molar-refractivity contribution in [3.8, 4) is 5.75 Å². The molecular formula is C22H29N3O. The van der Waals surface area contributed by atoms with Crippen LogP contribution in [0.4, 0.5) is 0 Å². The van der Waals surface area contributed by atoms with Crippen LogP contribution in [0.15, 0.2) is 53.7 Å². The number of allylic oxidation sites excluding steroid dienone is 1. The summed E-state index contributed by atoms with van der Waals surface area (Å²) in [6.07, 6.45) is 7.37. The molecular weight excluding hydrogens is 322 g/mol. The number of amidine groups is 1. The molecule has 0 aliphatic heterocycles. The molecule has 0 fully saturated rings. The van der Waals surface area contributed by atoms with Gasteiger partial charge in [-0.2, -0.15) is 0 Å². The molecule has 0 amide bonds. The number of benzene rings is 2. The Morgan fingerprint density at radius 2 is 1.77 bits per heavy atom. The zero-order valence-corrected chi connectivity index (χ0v) is 16.2. The number of rotatable bonds is 6. The van der Waals surface area contributed by atoms with Gasteiger partial charge < -0.3 is 4.74 Å². The second-order valence-electron chi connectivity index (χ2n) is 6.03. The Kier molecular flexibility index (Phi) is 9.62.